The zero-order valence-corrected chi connectivity index (χ0v) is 9.10. The van der Waals surface area contributed by atoms with E-state index in [-0.39, 0.29) is 5.91 Å². The average Bonchev–Trinajstić information content (AvgIpc) is 2.16. The van der Waals surface area contributed by atoms with Crippen molar-refractivity contribution in [3.05, 3.63) is 0 Å². The summed E-state index contributed by atoms with van der Waals surface area (Å²) < 4.78 is 0. The molecular formula is C10H22N2O. The molecule has 78 valence electrons. The Hall–Kier alpha value is -0.570. The summed E-state index contributed by atoms with van der Waals surface area (Å²) in [5.74, 6) is 0.276. The minimum atomic E-state index is 0.276. The second-order valence-corrected chi connectivity index (χ2v) is 3.19. The second kappa shape index (κ2) is 8.05. The van der Waals surface area contributed by atoms with E-state index in [1.807, 2.05) is 18.9 Å². The van der Waals surface area contributed by atoms with E-state index in [4.69, 9.17) is 0 Å². The molecule has 0 spiro atoms. The van der Waals surface area contributed by atoms with Crippen molar-refractivity contribution in [1.82, 2.24) is 10.2 Å². The van der Waals surface area contributed by atoms with Gasteiger partial charge in [0.1, 0.15) is 0 Å². The molecule has 0 aliphatic heterocycles. The molecule has 1 N–H and O–H groups in total. The highest BCUT2D eigenvalue weighted by Crippen LogP contribution is 1.97. The molecule has 0 aromatic carbocycles. The highest BCUT2D eigenvalue weighted by molar-refractivity contribution is 5.75. The summed E-state index contributed by atoms with van der Waals surface area (Å²) in [6.45, 7) is 6.80. The van der Waals surface area contributed by atoms with Crippen molar-refractivity contribution < 1.29 is 4.79 Å². The van der Waals surface area contributed by atoms with Crippen molar-refractivity contribution in [1.29, 1.82) is 0 Å². The van der Waals surface area contributed by atoms with E-state index >= 15 is 0 Å². The molecule has 1 amide bonds. The van der Waals surface area contributed by atoms with E-state index in [1.165, 1.54) is 0 Å². The number of carbonyl (C=O) groups is 1. The number of nitrogens with one attached hydrogen (secondary N) is 1. The first-order valence-electron chi connectivity index (χ1n) is 5.18. The smallest absolute Gasteiger partial charge is 0.222 e. The highest BCUT2D eigenvalue weighted by atomic mass is 16.2. The minimum Gasteiger partial charge on any atom is -0.343 e. The molecule has 3 heteroatoms. The molecule has 0 aliphatic carbocycles. The molecule has 0 aromatic heterocycles. The number of amides is 1. The van der Waals surface area contributed by atoms with Crippen LogP contribution in [-0.4, -0.2) is 37.5 Å². The number of hydrogen-bond acceptors (Lipinski definition) is 2. The molecule has 0 unspecified atom stereocenters. The maximum absolute atomic E-state index is 11.4. The van der Waals surface area contributed by atoms with Gasteiger partial charge in [0.25, 0.3) is 0 Å². The molecule has 0 aromatic rings. The van der Waals surface area contributed by atoms with Gasteiger partial charge in [-0.15, -0.1) is 0 Å². The Morgan fingerprint density at radius 2 is 2.00 bits per heavy atom. The topological polar surface area (TPSA) is 32.3 Å². The summed E-state index contributed by atoms with van der Waals surface area (Å²) in [6, 6.07) is 0. The van der Waals surface area contributed by atoms with Crippen LogP contribution in [0.2, 0.25) is 0 Å². The highest BCUT2D eigenvalue weighted by Gasteiger charge is 2.08. The molecule has 0 radical (unpaired) electrons. The Labute approximate surface area is 81.5 Å². The fraction of sp³-hybridized carbons (Fsp3) is 0.900. The Bertz CT molecular complexity index is 137. The van der Waals surface area contributed by atoms with Crippen LogP contribution in [0.1, 0.15) is 33.1 Å². The van der Waals surface area contributed by atoms with Crippen LogP contribution in [0.4, 0.5) is 0 Å². The number of carbonyl (C=O) groups excluding carboxylic acids is 1. The minimum absolute atomic E-state index is 0.276. The van der Waals surface area contributed by atoms with E-state index in [1.54, 1.807) is 0 Å². The van der Waals surface area contributed by atoms with Crippen molar-refractivity contribution in [2.24, 2.45) is 0 Å². The molecule has 0 heterocycles. The lowest BCUT2D eigenvalue weighted by molar-refractivity contribution is -0.130. The van der Waals surface area contributed by atoms with Crippen LogP contribution < -0.4 is 5.32 Å². The molecule has 13 heavy (non-hydrogen) atoms. The lowest BCUT2D eigenvalue weighted by atomic mass is 10.3. The number of hydrogen-bond donors (Lipinski definition) is 1. The van der Waals surface area contributed by atoms with E-state index in [9.17, 15) is 4.79 Å². The predicted octanol–water partition coefficient (Wildman–Crippen LogP) is 1.24. The first-order chi connectivity index (χ1) is 6.26. The van der Waals surface area contributed by atoms with Gasteiger partial charge >= 0.3 is 0 Å². The van der Waals surface area contributed by atoms with Crippen molar-refractivity contribution in [3.63, 3.8) is 0 Å². The van der Waals surface area contributed by atoms with Gasteiger partial charge in [0.05, 0.1) is 0 Å². The van der Waals surface area contributed by atoms with Gasteiger partial charge in [-0.25, -0.2) is 0 Å². The molecule has 0 saturated heterocycles. The summed E-state index contributed by atoms with van der Waals surface area (Å²) in [7, 11) is 1.94. The third kappa shape index (κ3) is 5.64. The Kier molecular flexibility index (Phi) is 7.69. The maximum Gasteiger partial charge on any atom is 0.222 e. The van der Waals surface area contributed by atoms with Crippen LogP contribution in [0, 0.1) is 0 Å². The SMILES string of the molecule is CCCN(CCCNC)C(=O)CC. The molecule has 0 saturated carbocycles. The normalized spacial score (nSPS) is 10.1. The lowest BCUT2D eigenvalue weighted by Crippen LogP contribution is -2.33. The third-order valence-corrected chi connectivity index (χ3v) is 2.00. The van der Waals surface area contributed by atoms with Gasteiger partial charge in [0.2, 0.25) is 5.91 Å². The molecule has 0 aliphatic rings. The van der Waals surface area contributed by atoms with Gasteiger partial charge in [0, 0.05) is 19.5 Å². The van der Waals surface area contributed by atoms with Gasteiger partial charge in [-0.1, -0.05) is 13.8 Å². The fourth-order valence-corrected chi connectivity index (χ4v) is 1.30. The number of nitrogens with zero attached hydrogens (tertiary/aromatic N) is 1. The first kappa shape index (κ1) is 12.4. The van der Waals surface area contributed by atoms with Crippen molar-refractivity contribution in [2.45, 2.75) is 33.1 Å². The van der Waals surface area contributed by atoms with Crippen LogP contribution in [-0.2, 0) is 4.79 Å². The fourth-order valence-electron chi connectivity index (χ4n) is 1.30. The largest absolute Gasteiger partial charge is 0.343 e. The quantitative estimate of drug-likeness (QED) is 0.607. The summed E-state index contributed by atoms with van der Waals surface area (Å²) >= 11 is 0. The van der Waals surface area contributed by atoms with Crippen LogP contribution in [0.3, 0.4) is 0 Å². The van der Waals surface area contributed by atoms with Crippen LogP contribution in [0.25, 0.3) is 0 Å². The average molecular weight is 186 g/mol. The second-order valence-electron chi connectivity index (χ2n) is 3.19. The molecular weight excluding hydrogens is 164 g/mol. The molecule has 0 rings (SSSR count). The Morgan fingerprint density at radius 1 is 1.31 bits per heavy atom. The van der Waals surface area contributed by atoms with E-state index in [0.29, 0.717) is 6.42 Å². The first-order valence-corrected chi connectivity index (χ1v) is 5.18. The van der Waals surface area contributed by atoms with Crippen molar-refractivity contribution >= 4 is 5.91 Å². The zero-order valence-electron chi connectivity index (χ0n) is 9.10. The van der Waals surface area contributed by atoms with E-state index < -0.39 is 0 Å². The molecule has 0 fully saturated rings. The van der Waals surface area contributed by atoms with Crippen LogP contribution >= 0.6 is 0 Å². The molecule has 0 atom stereocenters. The molecule has 0 bridgehead atoms. The summed E-state index contributed by atoms with van der Waals surface area (Å²) in [6.07, 6.45) is 2.72. The van der Waals surface area contributed by atoms with E-state index in [2.05, 4.69) is 12.2 Å². The monoisotopic (exact) mass is 186 g/mol. The Morgan fingerprint density at radius 3 is 2.46 bits per heavy atom. The predicted molar refractivity (Wildman–Crippen MR) is 55.7 cm³/mol. The zero-order chi connectivity index (χ0) is 10.1. The van der Waals surface area contributed by atoms with Crippen molar-refractivity contribution in [2.75, 3.05) is 26.7 Å². The summed E-state index contributed by atoms with van der Waals surface area (Å²) in [4.78, 5) is 13.4. The summed E-state index contributed by atoms with van der Waals surface area (Å²) in [5.41, 5.74) is 0. The van der Waals surface area contributed by atoms with E-state index in [0.717, 1.165) is 32.5 Å². The maximum atomic E-state index is 11.4. The molecule has 3 nitrogen and oxygen atoms in total. The van der Waals surface area contributed by atoms with Gasteiger partial charge in [-0.05, 0) is 26.4 Å². The van der Waals surface area contributed by atoms with Gasteiger partial charge in [-0.2, -0.15) is 0 Å². The van der Waals surface area contributed by atoms with Gasteiger partial charge in [0.15, 0.2) is 0 Å². The summed E-state index contributed by atoms with van der Waals surface area (Å²) in [5, 5.41) is 3.08. The van der Waals surface area contributed by atoms with Gasteiger partial charge < -0.3 is 10.2 Å². The number of rotatable bonds is 7. The lowest BCUT2D eigenvalue weighted by Gasteiger charge is -2.21. The third-order valence-electron chi connectivity index (χ3n) is 2.00. The standard InChI is InChI=1S/C10H22N2O/c1-4-8-12(10(13)5-2)9-6-7-11-3/h11H,4-9H2,1-3H3. The van der Waals surface area contributed by atoms with Crippen LogP contribution in [0.5, 0.6) is 0 Å². The van der Waals surface area contributed by atoms with Crippen molar-refractivity contribution in [3.8, 4) is 0 Å². The van der Waals surface area contributed by atoms with Gasteiger partial charge in [-0.3, -0.25) is 4.79 Å². The van der Waals surface area contributed by atoms with Crippen LogP contribution in [0.15, 0.2) is 0 Å². The Balaban J connectivity index is 3.73.